The van der Waals surface area contributed by atoms with Crippen LogP contribution in [0.5, 0.6) is 5.75 Å². The molecule has 4 aromatic heterocycles. The minimum absolute atomic E-state index is 0.0373. The van der Waals surface area contributed by atoms with Gasteiger partial charge in [0.15, 0.2) is 23.1 Å². The molecule has 4 aromatic rings. The summed E-state index contributed by atoms with van der Waals surface area (Å²) in [4.78, 5) is 20.7. The Morgan fingerprint density at radius 3 is 2.49 bits per heavy atom. The molecule has 11 nitrogen and oxygen atoms in total. The van der Waals surface area contributed by atoms with Crippen LogP contribution in [0, 0.1) is 6.92 Å². The van der Waals surface area contributed by atoms with Crippen molar-refractivity contribution in [1.82, 2.24) is 29.9 Å². The van der Waals surface area contributed by atoms with Crippen LogP contribution in [0.3, 0.4) is 0 Å². The van der Waals surface area contributed by atoms with Gasteiger partial charge >= 0.3 is 0 Å². The summed E-state index contributed by atoms with van der Waals surface area (Å²) in [5.74, 6) is 1.08. The van der Waals surface area contributed by atoms with Crippen LogP contribution >= 0.6 is 7.92 Å². The number of carbonyl (C=O) groups excluding carboxylic acids is 1. The second-order valence-corrected chi connectivity index (χ2v) is 10.2. The highest BCUT2D eigenvalue weighted by Crippen LogP contribution is 2.37. The number of nitrogens with two attached hydrogens (primary N) is 1. The van der Waals surface area contributed by atoms with E-state index in [0.29, 0.717) is 28.9 Å². The van der Waals surface area contributed by atoms with Crippen molar-refractivity contribution in [3.05, 3.63) is 54.0 Å². The highest BCUT2D eigenvalue weighted by Gasteiger charge is 2.20. The van der Waals surface area contributed by atoms with E-state index in [1.165, 1.54) is 0 Å². The van der Waals surface area contributed by atoms with Gasteiger partial charge in [-0.1, -0.05) is 7.92 Å². The summed E-state index contributed by atoms with van der Waals surface area (Å²) in [6.45, 7) is 6.30. The smallest absolute Gasteiger partial charge is 0.271 e. The first-order chi connectivity index (χ1) is 16.8. The van der Waals surface area contributed by atoms with Crippen LogP contribution in [0.25, 0.3) is 11.3 Å². The molecule has 4 heterocycles. The molecule has 0 spiro atoms. The average Bonchev–Trinajstić information content (AvgIpc) is 3.20. The lowest BCUT2D eigenvalue weighted by molar-refractivity contribution is 0.0995. The van der Waals surface area contributed by atoms with E-state index in [4.69, 9.17) is 10.5 Å². The zero-order valence-electron chi connectivity index (χ0n) is 20.1. The molecule has 4 rings (SSSR count). The van der Waals surface area contributed by atoms with E-state index in [2.05, 4.69) is 49.2 Å². The molecule has 0 aliphatic carbocycles. The Morgan fingerprint density at radius 1 is 1.06 bits per heavy atom. The Morgan fingerprint density at radius 2 is 1.83 bits per heavy atom. The number of nitrogens with zero attached hydrogens (tertiary/aromatic N) is 6. The molecule has 35 heavy (non-hydrogen) atoms. The molecule has 0 aliphatic heterocycles. The second-order valence-electron chi connectivity index (χ2n) is 7.97. The number of aryl methyl sites for hydroxylation is 2. The van der Waals surface area contributed by atoms with Gasteiger partial charge < -0.3 is 21.1 Å². The number of hydrogen-bond acceptors (Lipinski definition) is 9. The molecule has 0 saturated heterocycles. The average molecular weight is 491 g/mol. The maximum Gasteiger partial charge on any atom is 0.271 e. The fraction of sp³-hybridized carbons (Fsp3) is 0.217. The van der Waals surface area contributed by atoms with E-state index in [9.17, 15) is 4.79 Å². The molecular weight excluding hydrogens is 465 g/mol. The van der Waals surface area contributed by atoms with Gasteiger partial charge in [-0.05, 0) is 50.1 Å². The van der Waals surface area contributed by atoms with Gasteiger partial charge in [-0.25, -0.2) is 9.97 Å². The summed E-state index contributed by atoms with van der Waals surface area (Å²) in [5, 5.41) is 18.9. The van der Waals surface area contributed by atoms with E-state index in [0.717, 1.165) is 22.3 Å². The van der Waals surface area contributed by atoms with E-state index >= 15 is 0 Å². The van der Waals surface area contributed by atoms with Gasteiger partial charge in [-0.2, -0.15) is 5.10 Å². The van der Waals surface area contributed by atoms with Crippen LogP contribution in [0.15, 0.2) is 42.7 Å². The summed E-state index contributed by atoms with van der Waals surface area (Å²) < 4.78 is 7.58. The van der Waals surface area contributed by atoms with Crippen molar-refractivity contribution in [2.75, 3.05) is 31.1 Å². The van der Waals surface area contributed by atoms with Crippen molar-refractivity contribution in [1.29, 1.82) is 0 Å². The minimum atomic E-state index is -0.732. The number of aromatic nitrogens is 6. The second kappa shape index (κ2) is 10.0. The first kappa shape index (κ1) is 24.0. The van der Waals surface area contributed by atoms with E-state index in [1.807, 2.05) is 42.9 Å². The highest BCUT2D eigenvalue weighted by atomic mass is 31.1. The maximum atomic E-state index is 12.1. The number of pyridine rings is 2. The van der Waals surface area contributed by atoms with Crippen molar-refractivity contribution < 1.29 is 9.53 Å². The standard InChI is InChI=1S/C23H26N9O2P/c1-13-6-8-25-17(10-13)28-18-11-16(20(22(24)33)30-29-18)27-23-21(34-3)14(7-9-26-23)15-12-19(35(4)5)32(2)31-15/h6-12H,1-5H3,(H2,24,33)(H2,25,26,27,28,29). The van der Waals surface area contributed by atoms with Crippen molar-refractivity contribution in [2.24, 2.45) is 12.8 Å². The molecule has 12 heteroatoms. The molecule has 0 saturated carbocycles. The van der Waals surface area contributed by atoms with Crippen LogP contribution in [-0.4, -0.2) is 56.3 Å². The topological polar surface area (TPSA) is 146 Å². The van der Waals surface area contributed by atoms with Crippen molar-refractivity contribution >= 4 is 42.4 Å². The van der Waals surface area contributed by atoms with Crippen molar-refractivity contribution in [2.45, 2.75) is 6.92 Å². The first-order valence-corrected chi connectivity index (χ1v) is 12.9. The van der Waals surface area contributed by atoms with Crippen molar-refractivity contribution in [3.8, 4) is 17.0 Å². The number of hydrogen-bond donors (Lipinski definition) is 3. The van der Waals surface area contributed by atoms with E-state index in [-0.39, 0.29) is 13.6 Å². The summed E-state index contributed by atoms with van der Waals surface area (Å²) >= 11 is 0. The monoisotopic (exact) mass is 491 g/mol. The van der Waals surface area contributed by atoms with Gasteiger partial charge in [0.05, 0.1) is 23.9 Å². The lowest BCUT2D eigenvalue weighted by Crippen LogP contribution is -2.17. The Hall–Kier alpha value is -4.11. The molecule has 4 N–H and O–H groups in total. The van der Waals surface area contributed by atoms with Crippen LogP contribution in [0.2, 0.25) is 0 Å². The molecule has 1 amide bonds. The highest BCUT2D eigenvalue weighted by molar-refractivity contribution is 7.63. The molecule has 0 unspecified atom stereocenters. The Balaban J connectivity index is 1.73. The lowest BCUT2D eigenvalue weighted by atomic mass is 10.1. The lowest BCUT2D eigenvalue weighted by Gasteiger charge is -2.15. The SMILES string of the molecule is COc1c(-c2cc(P(C)C)n(C)n2)ccnc1Nc1cc(Nc2cc(C)ccn2)nnc1C(N)=O. The molecule has 0 radical (unpaired) electrons. The van der Waals surface area contributed by atoms with Crippen LogP contribution in [0.4, 0.5) is 23.1 Å². The van der Waals surface area contributed by atoms with Crippen LogP contribution in [-0.2, 0) is 7.05 Å². The van der Waals surface area contributed by atoms with Gasteiger partial charge in [-0.15, -0.1) is 10.2 Å². The molecule has 0 atom stereocenters. The predicted molar refractivity (Wildman–Crippen MR) is 137 cm³/mol. The predicted octanol–water partition coefficient (Wildman–Crippen LogP) is 2.94. The number of ether oxygens (including phenoxy) is 1. The third kappa shape index (κ3) is 5.20. The number of rotatable bonds is 8. The minimum Gasteiger partial charge on any atom is -0.492 e. The molecule has 0 fully saturated rings. The fourth-order valence-corrected chi connectivity index (χ4v) is 4.55. The fourth-order valence-electron chi connectivity index (χ4n) is 3.55. The molecule has 180 valence electrons. The quantitative estimate of drug-likeness (QED) is 0.317. The third-order valence-corrected chi connectivity index (χ3v) is 6.48. The summed E-state index contributed by atoms with van der Waals surface area (Å²) in [6.07, 6.45) is 3.33. The number of anilines is 4. The largest absolute Gasteiger partial charge is 0.492 e. The summed E-state index contributed by atoms with van der Waals surface area (Å²) in [6, 6.07) is 9.25. The Kier molecular flexibility index (Phi) is 6.88. The summed E-state index contributed by atoms with van der Waals surface area (Å²) in [5.41, 5.74) is 9.54. The number of primary amides is 1. The van der Waals surface area contributed by atoms with Gasteiger partial charge in [0.1, 0.15) is 5.82 Å². The van der Waals surface area contributed by atoms with Crippen LogP contribution < -0.4 is 26.5 Å². The number of carbonyl (C=O) groups is 1. The molecule has 0 bridgehead atoms. The maximum absolute atomic E-state index is 12.1. The van der Waals surface area contributed by atoms with Gasteiger partial charge in [0.25, 0.3) is 5.91 Å². The zero-order chi connectivity index (χ0) is 25.1. The van der Waals surface area contributed by atoms with Crippen LogP contribution in [0.1, 0.15) is 16.1 Å². The van der Waals surface area contributed by atoms with E-state index in [1.54, 1.807) is 25.6 Å². The van der Waals surface area contributed by atoms with Crippen molar-refractivity contribution in [3.63, 3.8) is 0 Å². The molecule has 0 aliphatic rings. The molecule has 0 aromatic carbocycles. The Bertz CT molecular complexity index is 1390. The normalized spacial score (nSPS) is 10.9. The van der Waals surface area contributed by atoms with Gasteiger partial charge in [-0.3, -0.25) is 9.48 Å². The number of amides is 1. The third-order valence-electron chi connectivity index (χ3n) is 5.15. The van der Waals surface area contributed by atoms with E-state index < -0.39 is 5.91 Å². The first-order valence-electron chi connectivity index (χ1n) is 10.7. The summed E-state index contributed by atoms with van der Waals surface area (Å²) in [7, 11) is 3.14. The zero-order valence-corrected chi connectivity index (χ0v) is 21.0. The van der Waals surface area contributed by atoms with Gasteiger partial charge in [0.2, 0.25) is 0 Å². The van der Waals surface area contributed by atoms with Gasteiger partial charge in [0, 0.05) is 31.1 Å². The Labute approximate surface area is 203 Å². The molecular formula is C23H26N9O2P. The number of methoxy groups -OCH3 is 1. The number of nitrogens with one attached hydrogen (secondary N) is 2.